The number of hydrogen-bond acceptors (Lipinski definition) is 2. The quantitative estimate of drug-likeness (QED) is 0.896. The average Bonchev–Trinajstić information content (AvgIpc) is 2.91. The molecule has 0 saturated heterocycles. The molecule has 1 aromatic carbocycles. The van der Waals surface area contributed by atoms with Gasteiger partial charge in [0.15, 0.2) is 0 Å². The number of nitrogens with zero attached hydrogens (tertiary/aromatic N) is 1. The smallest absolute Gasteiger partial charge is 0.395 e. The summed E-state index contributed by atoms with van der Waals surface area (Å²) in [5.74, 6) is 0. The molecule has 0 aromatic heterocycles. The second kappa shape index (κ2) is 6.59. The standard InChI is InChI=1S/C15H20F3NO/c16-15(17,18)13-7-5-12(6-8-13)11-19(9-10-20)14-3-1-2-4-14/h5-8,14,20H,1-4,9-11H2. The molecule has 0 atom stereocenters. The fourth-order valence-electron chi connectivity index (χ4n) is 2.82. The molecule has 5 heteroatoms. The third-order valence-corrected chi connectivity index (χ3v) is 3.90. The average molecular weight is 287 g/mol. The SMILES string of the molecule is OCCN(Cc1ccc(C(F)(F)F)cc1)C1CCCC1. The Labute approximate surface area is 117 Å². The highest BCUT2D eigenvalue weighted by Gasteiger charge is 2.30. The van der Waals surface area contributed by atoms with E-state index in [1.807, 2.05) is 0 Å². The number of hydrogen-bond donors (Lipinski definition) is 1. The van der Waals surface area contributed by atoms with Gasteiger partial charge in [-0.15, -0.1) is 0 Å². The number of benzene rings is 1. The van der Waals surface area contributed by atoms with Crippen LogP contribution in [0.3, 0.4) is 0 Å². The van der Waals surface area contributed by atoms with E-state index in [4.69, 9.17) is 5.11 Å². The van der Waals surface area contributed by atoms with E-state index in [9.17, 15) is 13.2 Å². The van der Waals surface area contributed by atoms with Crippen molar-refractivity contribution in [1.29, 1.82) is 0 Å². The molecule has 1 aliphatic rings. The van der Waals surface area contributed by atoms with Gasteiger partial charge in [0.1, 0.15) is 0 Å². The second-order valence-electron chi connectivity index (χ2n) is 5.33. The van der Waals surface area contributed by atoms with Gasteiger partial charge in [-0.05, 0) is 30.5 Å². The minimum atomic E-state index is -4.28. The Bertz CT molecular complexity index is 410. The molecular formula is C15H20F3NO. The van der Waals surface area contributed by atoms with E-state index in [-0.39, 0.29) is 6.61 Å². The van der Waals surface area contributed by atoms with Crippen LogP contribution < -0.4 is 0 Å². The van der Waals surface area contributed by atoms with E-state index in [1.54, 1.807) is 0 Å². The molecule has 20 heavy (non-hydrogen) atoms. The molecule has 1 N–H and O–H groups in total. The van der Waals surface area contributed by atoms with Crippen molar-refractivity contribution >= 4 is 0 Å². The Morgan fingerprint density at radius 3 is 2.20 bits per heavy atom. The van der Waals surface area contributed by atoms with Crippen LogP contribution in [0.2, 0.25) is 0 Å². The summed E-state index contributed by atoms with van der Waals surface area (Å²) in [4.78, 5) is 2.18. The molecule has 0 aliphatic heterocycles. The molecule has 0 spiro atoms. The largest absolute Gasteiger partial charge is 0.416 e. The lowest BCUT2D eigenvalue weighted by atomic mass is 10.1. The number of halogens is 3. The lowest BCUT2D eigenvalue weighted by Crippen LogP contribution is -2.35. The van der Waals surface area contributed by atoms with Crippen LogP contribution in [0.4, 0.5) is 13.2 Å². The third-order valence-electron chi connectivity index (χ3n) is 3.90. The van der Waals surface area contributed by atoms with Gasteiger partial charge in [-0.25, -0.2) is 0 Å². The molecule has 1 aromatic rings. The van der Waals surface area contributed by atoms with E-state index in [2.05, 4.69) is 4.90 Å². The van der Waals surface area contributed by atoms with Crippen molar-refractivity contribution in [3.05, 3.63) is 35.4 Å². The van der Waals surface area contributed by atoms with Gasteiger partial charge in [0.2, 0.25) is 0 Å². The van der Waals surface area contributed by atoms with Crippen molar-refractivity contribution in [2.75, 3.05) is 13.2 Å². The van der Waals surface area contributed by atoms with Gasteiger partial charge in [-0.2, -0.15) is 13.2 Å². The van der Waals surface area contributed by atoms with Gasteiger partial charge in [0.05, 0.1) is 12.2 Å². The molecule has 1 fully saturated rings. The van der Waals surface area contributed by atoms with Gasteiger partial charge < -0.3 is 5.11 Å². The summed E-state index contributed by atoms with van der Waals surface area (Å²) in [6.07, 6.45) is 0.329. The molecule has 112 valence electrons. The van der Waals surface area contributed by atoms with Crippen molar-refractivity contribution < 1.29 is 18.3 Å². The monoisotopic (exact) mass is 287 g/mol. The number of aliphatic hydroxyl groups excluding tert-OH is 1. The van der Waals surface area contributed by atoms with Crippen molar-refractivity contribution in [3.63, 3.8) is 0 Å². The molecule has 1 aliphatic carbocycles. The third kappa shape index (κ3) is 3.96. The zero-order valence-electron chi connectivity index (χ0n) is 11.4. The number of aliphatic hydroxyl groups is 1. The van der Waals surface area contributed by atoms with Crippen molar-refractivity contribution in [1.82, 2.24) is 4.90 Å². The second-order valence-corrected chi connectivity index (χ2v) is 5.33. The lowest BCUT2D eigenvalue weighted by molar-refractivity contribution is -0.137. The molecule has 2 rings (SSSR count). The van der Waals surface area contributed by atoms with E-state index >= 15 is 0 Å². The van der Waals surface area contributed by atoms with Crippen molar-refractivity contribution in [3.8, 4) is 0 Å². The Kier molecular flexibility index (Phi) is 5.05. The Morgan fingerprint density at radius 2 is 1.70 bits per heavy atom. The first-order valence-electron chi connectivity index (χ1n) is 7.02. The zero-order valence-corrected chi connectivity index (χ0v) is 11.4. The maximum Gasteiger partial charge on any atom is 0.416 e. The Hall–Kier alpha value is -1.07. The molecule has 0 unspecified atom stereocenters. The van der Waals surface area contributed by atoms with Crippen LogP contribution in [0.25, 0.3) is 0 Å². The highest BCUT2D eigenvalue weighted by molar-refractivity contribution is 5.24. The minimum absolute atomic E-state index is 0.0805. The van der Waals surface area contributed by atoms with Gasteiger partial charge in [0, 0.05) is 19.1 Å². The van der Waals surface area contributed by atoms with Crippen molar-refractivity contribution in [2.24, 2.45) is 0 Å². The van der Waals surface area contributed by atoms with Crippen LogP contribution in [0.15, 0.2) is 24.3 Å². The van der Waals surface area contributed by atoms with E-state index in [0.29, 0.717) is 19.1 Å². The first-order valence-corrected chi connectivity index (χ1v) is 7.02. The summed E-state index contributed by atoms with van der Waals surface area (Å²) in [6, 6.07) is 5.76. The van der Waals surface area contributed by atoms with Crippen LogP contribution in [0, 0.1) is 0 Å². The van der Waals surface area contributed by atoms with Crippen LogP contribution >= 0.6 is 0 Å². The fraction of sp³-hybridized carbons (Fsp3) is 0.600. The summed E-state index contributed by atoms with van der Waals surface area (Å²) in [6.45, 7) is 1.26. The molecule has 0 bridgehead atoms. The van der Waals surface area contributed by atoms with Crippen LogP contribution in [-0.2, 0) is 12.7 Å². The highest BCUT2D eigenvalue weighted by atomic mass is 19.4. The van der Waals surface area contributed by atoms with E-state index in [0.717, 1.165) is 30.5 Å². The maximum atomic E-state index is 12.5. The Balaban J connectivity index is 2.02. The first kappa shape index (κ1) is 15.3. The first-order chi connectivity index (χ1) is 9.50. The van der Waals surface area contributed by atoms with Crippen molar-refractivity contribution in [2.45, 2.75) is 44.4 Å². The van der Waals surface area contributed by atoms with E-state index in [1.165, 1.54) is 25.0 Å². The van der Waals surface area contributed by atoms with Gasteiger partial charge >= 0.3 is 6.18 Å². The molecule has 1 saturated carbocycles. The molecule has 0 heterocycles. The summed E-state index contributed by atoms with van der Waals surface area (Å²) in [5, 5.41) is 9.14. The zero-order chi connectivity index (χ0) is 14.6. The topological polar surface area (TPSA) is 23.5 Å². The minimum Gasteiger partial charge on any atom is -0.395 e. The van der Waals surface area contributed by atoms with E-state index < -0.39 is 11.7 Å². The molecular weight excluding hydrogens is 267 g/mol. The predicted octanol–water partition coefficient (Wildman–Crippen LogP) is 3.44. The van der Waals surface area contributed by atoms with Gasteiger partial charge in [0.25, 0.3) is 0 Å². The molecule has 0 radical (unpaired) electrons. The summed E-state index contributed by atoms with van der Waals surface area (Å²) < 4.78 is 37.5. The molecule has 0 amide bonds. The Morgan fingerprint density at radius 1 is 1.10 bits per heavy atom. The molecule has 2 nitrogen and oxygen atoms in total. The maximum absolute atomic E-state index is 12.5. The van der Waals surface area contributed by atoms with Crippen LogP contribution in [0.1, 0.15) is 36.8 Å². The predicted molar refractivity (Wildman–Crippen MR) is 71.2 cm³/mol. The lowest BCUT2D eigenvalue weighted by Gasteiger charge is -2.28. The summed E-state index contributed by atoms with van der Waals surface area (Å²) in [7, 11) is 0. The summed E-state index contributed by atoms with van der Waals surface area (Å²) in [5.41, 5.74) is 0.245. The number of rotatable bonds is 5. The van der Waals surface area contributed by atoms with Crippen LogP contribution in [0.5, 0.6) is 0 Å². The fourth-order valence-corrected chi connectivity index (χ4v) is 2.82. The highest BCUT2D eigenvalue weighted by Crippen LogP contribution is 2.30. The van der Waals surface area contributed by atoms with Gasteiger partial charge in [-0.3, -0.25) is 4.90 Å². The normalized spacial score (nSPS) is 17.1. The number of alkyl halides is 3. The van der Waals surface area contributed by atoms with Gasteiger partial charge in [-0.1, -0.05) is 25.0 Å². The summed E-state index contributed by atoms with van der Waals surface area (Å²) >= 11 is 0. The van der Waals surface area contributed by atoms with Crippen LogP contribution in [-0.4, -0.2) is 29.2 Å².